The van der Waals surface area contributed by atoms with Gasteiger partial charge in [-0.15, -0.1) is 0 Å². The minimum atomic E-state index is -3.43. The quantitative estimate of drug-likeness (QED) is 0.828. The van der Waals surface area contributed by atoms with Gasteiger partial charge in [0.1, 0.15) is 5.71 Å². The van der Waals surface area contributed by atoms with Crippen LogP contribution in [0.3, 0.4) is 0 Å². The molecule has 0 aromatic carbocycles. The van der Waals surface area contributed by atoms with Crippen molar-refractivity contribution < 1.29 is 27.5 Å². The fraction of sp³-hybridized carbons (Fsp3) is 0.545. The third kappa shape index (κ3) is 3.22. The Labute approximate surface area is 126 Å². The smallest absolute Gasteiger partial charge is 0.287 e. The van der Waals surface area contributed by atoms with Crippen LogP contribution in [0.25, 0.3) is 0 Å². The van der Waals surface area contributed by atoms with Crippen molar-refractivity contribution in [3.05, 3.63) is 17.4 Å². The van der Waals surface area contributed by atoms with E-state index in [4.69, 9.17) is 11.6 Å². The maximum Gasteiger partial charge on any atom is 0.287 e. The van der Waals surface area contributed by atoms with Crippen molar-refractivity contribution in [2.45, 2.75) is 38.0 Å². The Morgan fingerprint density at radius 1 is 1.45 bits per heavy atom. The van der Waals surface area contributed by atoms with E-state index in [1.165, 1.54) is 17.1 Å². The molecule has 0 saturated carbocycles. The van der Waals surface area contributed by atoms with Crippen LogP contribution in [-0.4, -0.2) is 50.1 Å². The molecule has 1 aromatic rings. The molecule has 1 N–H and O–H groups in total. The fourth-order valence-corrected chi connectivity index (χ4v) is 2.09. The van der Waals surface area contributed by atoms with Crippen LogP contribution < -0.4 is 0 Å². The zero-order chi connectivity index (χ0) is 16.5. The monoisotopic (exact) mass is 342 g/mol. The highest BCUT2D eigenvalue weighted by molar-refractivity contribution is 6.30. The Morgan fingerprint density at radius 3 is 2.64 bits per heavy atom. The van der Waals surface area contributed by atoms with E-state index in [-0.39, 0.29) is 18.0 Å². The molecule has 0 aliphatic carbocycles. The van der Waals surface area contributed by atoms with Crippen molar-refractivity contribution in [3.63, 3.8) is 0 Å². The number of rotatable bonds is 5. The average molecular weight is 343 g/mol. The van der Waals surface area contributed by atoms with Gasteiger partial charge in [0.05, 0.1) is 11.2 Å². The van der Waals surface area contributed by atoms with E-state index in [0.29, 0.717) is 5.02 Å². The average Bonchev–Trinajstić information content (AvgIpc) is 3.01. The standard InChI is InChI=1S/C11H11ClF4N4O2/c12-6-4-17-19(5-6)2-1-8(21)20-11(22,10(15)16)3-7(18-20)9(13)14/h4-5,9-10,22H,1-3H2/t11-/m0/s1. The summed E-state index contributed by atoms with van der Waals surface area (Å²) in [6, 6.07) is 0. The lowest BCUT2D eigenvalue weighted by Gasteiger charge is -2.29. The highest BCUT2D eigenvalue weighted by Gasteiger charge is 2.53. The Kier molecular flexibility index (Phi) is 4.71. The zero-order valence-corrected chi connectivity index (χ0v) is 11.7. The van der Waals surface area contributed by atoms with E-state index >= 15 is 0 Å². The SMILES string of the molecule is O=C(CCn1cc(Cl)cn1)N1N=C(C(F)F)C[C@]1(O)C(F)F. The Balaban J connectivity index is 2.10. The van der Waals surface area contributed by atoms with Gasteiger partial charge in [0.2, 0.25) is 11.6 Å². The van der Waals surface area contributed by atoms with Crippen LogP contribution in [-0.2, 0) is 11.3 Å². The third-order valence-electron chi connectivity index (χ3n) is 3.03. The minimum Gasteiger partial charge on any atom is -0.364 e. The van der Waals surface area contributed by atoms with Crippen LogP contribution in [0.4, 0.5) is 17.6 Å². The fourth-order valence-electron chi connectivity index (χ4n) is 1.93. The molecule has 1 aliphatic heterocycles. The summed E-state index contributed by atoms with van der Waals surface area (Å²) in [5, 5.41) is 17.1. The van der Waals surface area contributed by atoms with Crippen molar-refractivity contribution in [2.24, 2.45) is 5.10 Å². The van der Waals surface area contributed by atoms with Gasteiger partial charge in [-0.1, -0.05) is 11.6 Å². The van der Waals surface area contributed by atoms with Gasteiger partial charge in [0.25, 0.3) is 12.9 Å². The number of alkyl halides is 4. The van der Waals surface area contributed by atoms with Gasteiger partial charge >= 0.3 is 0 Å². The van der Waals surface area contributed by atoms with Crippen molar-refractivity contribution >= 4 is 23.2 Å². The maximum atomic E-state index is 12.9. The number of aliphatic hydroxyl groups is 1. The van der Waals surface area contributed by atoms with Gasteiger partial charge in [0.15, 0.2) is 0 Å². The van der Waals surface area contributed by atoms with Gasteiger partial charge in [-0.2, -0.15) is 15.2 Å². The van der Waals surface area contributed by atoms with Crippen LogP contribution >= 0.6 is 11.6 Å². The highest BCUT2D eigenvalue weighted by Crippen LogP contribution is 2.33. The molecule has 0 saturated heterocycles. The Morgan fingerprint density at radius 2 is 2.14 bits per heavy atom. The summed E-state index contributed by atoms with van der Waals surface area (Å²) in [6.07, 6.45) is -5.32. The molecule has 122 valence electrons. The first-order chi connectivity index (χ1) is 10.2. The first kappa shape index (κ1) is 16.7. The first-order valence-electron chi connectivity index (χ1n) is 6.11. The second-order valence-corrected chi connectivity index (χ2v) is 5.06. The lowest BCUT2D eigenvalue weighted by Crippen LogP contribution is -2.51. The van der Waals surface area contributed by atoms with Crippen molar-refractivity contribution in [2.75, 3.05) is 0 Å². The maximum absolute atomic E-state index is 12.9. The van der Waals surface area contributed by atoms with E-state index in [1.54, 1.807) is 0 Å². The summed E-state index contributed by atoms with van der Waals surface area (Å²) in [7, 11) is 0. The number of aromatic nitrogens is 2. The van der Waals surface area contributed by atoms with Gasteiger partial charge in [-0.05, 0) is 0 Å². The largest absolute Gasteiger partial charge is 0.364 e. The van der Waals surface area contributed by atoms with Crippen molar-refractivity contribution in [1.82, 2.24) is 14.8 Å². The van der Waals surface area contributed by atoms with Crippen LogP contribution in [0.15, 0.2) is 17.5 Å². The molecule has 0 spiro atoms. The second kappa shape index (κ2) is 6.21. The molecule has 1 atom stereocenters. The van der Waals surface area contributed by atoms with E-state index in [9.17, 15) is 27.5 Å². The van der Waals surface area contributed by atoms with Gasteiger partial charge in [-0.25, -0.2) is 17.6 Å². The Bertz CT molecular complexity index is 594. The lowest BCUT2D eigenvalue weighted by atomic mass is 10.1. The molecule has 11 heteroatoms. The summed E-state index contributed by atoms with van der Waals surface area (Å²) < 4.78 is 52.3. The number of hydrogen-bond donors (Lipinski definition) is 1. The highest BCUT2D eigenvalue weighted by atomic mass is 35.5. The molecule has 1 aromatic heterocycles. The molecule has 22 heavy (non-hydrogen) atoms. The third-order valence-corrected chi connectivity index (χ3v) is 3.23. The molecule has 2 heterocycles. The predicted molar refractivity (Wildman–Crippen MR) is 67.7 cm³/mol. The molecule has 6 nitrogen and oxygen atoms in total. The number of hydrogen-bond acceptors (Lipinski definition) is 4. The number of aryl methyl sites for hydroxylation is 1. The topological polar surface area (TPSA) is 70.7 Å². The second-order valence-electron chi connectivity index (χ2n) is 4.63. The molecule has 0 unspecified atom stereocenters. The van der Waals surface area contributed by atoms with Crippen molar-refractivity contribution in [1.29, 1.82) is 0 Å². The first-order valence-corrected chi connectivity index (χ1v) is 6.49. The number of hydrazone groups is 1. The predicted octanol–water partition coefficient (Wildman–Crippen LogP) is 1.73. The van der Waals surface area contributed by atoms with Gasteiger partial charge in [0, 0.05) is 25.6 Å². The van der Waals surface area contributed by atoms with E-state index in [1.807, 2.05) is 0 Å². The number of halogens is 5. The number of amides is 1. The number of nitrogens with zero attached hydrogens (tertiary/aromatic N) is 4. The summed E-state index contributed by atoms with van der Waals surface area (Å²) in [5.41, 5.74) is -4.01. The number of carbonyl (C=O) groups is 1. The normalized spacial score (nSPS) is 21.8. The van der Waals surface area contributed by atoms with Gasteiger partial charge in [-0.3, -0.25) is 9.48 Å². The molecule has 2 rings (SSSR count). The molecule has 0 radical (unpaired) electrons. The lowest BCUT2D eigenvalue weighted by molar-refractivity contribution is -0.192. The molecule has 0 fully saturated rings. The molecule has 1 aliphatic rings. The van der Waals surface area contributed by atoms with E-state index in [2.05, 4.69) is 10.2 Å². The molecular weight excluding hydrogens is 332 g/mol. The van der Waals surface area contributed by atoms with Crippen LogP contribution in [0.2, 0.25) is 5.02 Å². The minimum absolute atomic E-state index is 0.0269. The molecule has 0 bridgehead atoms. The van der Waals surface area contributed by atoms with Crippen LogP contribution in [0.1, 0.15) is 12.8 Å². The number of carbonyl (C=O) groups excluding carboxylic acids is 1. The van der Waals surface area contributed by atoms with Crippen LogP contribution in [0, 0.1) is 0 Å². The van der Waals surface area contributed by atoms with Gasteiger partial charge < -0.3 is 5.11 Å². The summed E-state index contributed by atoms with van der Waals surface area (Å²) in [4.78, 5) is 11.9. The Hall–Kier alpha value is -1.68. The summed E-state index contributed by atoms with van der Waals surface area (Å²) in [6.45, 7) is -0.0269. The van der Waals surface area contributed by atoms with E-state index in [0.717, 1.165) is 0 Å². The molecular formula is C11H11ClF4N4O2. The van der Waals surface area contributed by atoms with Crippen LogP contribution in [0.5, 0.6) is 0 Å². The van der Waals surface area contributed by atoms with Crippen molar-refractivity contribution in [3.8, 4) is 0 Å². The summed E-state index contributed by atoms with van der Waals surface area (Å²) in [5.74, 6) is -1.02. The summed E-state index contributed by atoms with van der Waals surface area (Å²) >= 11 is 5.62. The van der Waals surface area contributed by atoms with E-state index < -0.39 is 36.6 Å². The zero-order valence-electron chi connectivity index (χ0n) is 11.0. The molecule has 1 amide bonds.